The van der Waals surface area contributed by atoms with Crippen molar-refractivity contribution in [2.24, 2.45) is 0 Å². The Morgan fingerprint density at radius 3 is 2.55 bits per heavy atom. The fraction of sp³-hybridized carbons (Fsp3) is 0.235. The Morgan fingerprint density at radius 1 is 1.09 bits per heavy atom. The van der Waals surface area contributed by atoms with E-state index in [2.05, 4.69) is 27.9 Å². The van der Waals surface area contributed by atoms with E-state index in [0.29, 0.717) is 18.9 Å². The van der Waals surface area contributed by atoms with Gasteiger partial charge >= 0.3 is 0 Å². The Morgan fingerprint density at radius 2 is 1.82 bits per heavy atom. The van der Waals surface area contributed by atoms with E-state index < -0.39 is 0 Å². The van der Waals surface area contributed by atoms with Gasteiger partial charge in [0.15, 0.2) is 6.61 Å². The number of aryl methyl sites for hydroxylation is 1. The van der Waals surface area contributed by atoms with Crippen molar-refractivity contribution < 1.29 is 14.3 Å². The molecule has 0 saturated heterocycles. The van der Waals surface area contributed by atoms with Gasteiger partial charge in [-0.05, 0) is 65.4 Å². The number of rotatable bonds is 7. The molecule has 0 aliphatic heterocycles. The van der Waals surface area contributed by atoms with Crippen LogP contribution in [0.2, 0.25) is 0 Å². The zero-order chi connectivity index (χ0) is 15.8. The third-order valence-electron chi connectivity index (χ3n) is 2.85. The summed E-state index contributed by atoms with van der Waals surface area (Å²) in [5.41, 5.74) is 1.15. The third kappa shape index (κ3) is 5.93. The predicted molar refractivity (Wildman–Crippen MR) is 94.3 cm³/mol. The molecule has 1 amide bonds. The summed E-state index contributed by atoms with van der Waals surface area (Å²) in [6, 6.07) is 15.4. The minimum atomic E-state index is -0.160. The fourth-order valence-electron chi connectivity index (χ4n) is 1.82. The Balaban J connectivity index is 1.63. The molecule has 0 heterocycles. The SMILES string of the molecule is Cc1cccc(OCCNC(=O)COc2cccc(I)c2)c1. The van der Waals surface area contributed by atoms with E-state index in [1.165, 1.54) is 0 Å². The largest absolute Gasteiger partial charge is 0.492 e. The van der Waals surface area contributed by atoms with Crippen molar-refractivity contribution in [1.82, 2.24) is 5.32 Å². The summed E-state index contributed by atoms with van der Waals surface area (Å²) >= 11 is 2.20. The number of benzene rings is 2. The standard InChI is InChI=1S/C17H18INO3/c1-13-4-2-6-15(10-13)21-9-8-19-17(20)12-22-16-7-3-5-14(18)11-16/h2-7,10-11H,8-9,12H2,1H3,(H,19,20). The highest BCUT2D eigenvalue weighted by Crippen LogP contribution is 2.14. The van der Waals surface area contributed by atoms with Crippen molar-refractivity contribution in [2.45, 2.75) is 6.92 Å². The van der Waals surface area contributed by atoms with Crippen LogP contribution >= 0.6 is 22.6 Å². The minimum Gasteiger partial charge on any atom is -0.492 e. The normalized spacial score (nSPS) is 10.1. The van der Waals surface area contributed by atoms with Gasteiger partial charge in [-0.2, -0.15) is 0 Å². The highest BCUT2D eigenvalue weighted by atomic mass is 127. The monoisotopic (exact) mass is 411 g/mol. The molecule has 2 aromatic carbocycles. The summed E-state index contributed by atoms with van der Waals surface area (Å²) in [5, 5.41) is 2.76. The van der Waals surface area contributed by atoms with Crippen LogP contribution < -0.4 is 14.8 Å². The number of hydrogen-bond acceptors (Lipinski definition) is 3. The molecule has 0 radical (unpaired) electrons. The van der Waals surface area contributed by atoms with E-state index in [-0.39, 0.29) is 12.5 Å². The molecule has 0 aliphatic carbocycles. The van der Waals surface area contributed by atoms with Crippen molar-refractivity contribution in [1.29, 1.82) is 0 Å². The molecule has 0 bridgehead atoms. The quantitative estimate of drug-likeness (QED) is 0.563. The maximum absolute atomic E-state index is 11.7. The van der Waals surface area contributed by atoms with E-state index in [9.17, 15) is 4.79 Å². The average molecular weight is 411 g/mol. The van der Waals surface area contributed by atoms with Crippen molar-refractivity contribution >= 4 is 28.5 Å². The maximum Gasteiger partial charge on any atom is 0.258 e. The zero-order valence-corrected chi connectivity index (χ0v) is 14.5. The number of amides is 1. The topological polar surface area (TPSA) is 47.6 Å². The van der Waals surface area contributed by atoms with Gasteiger partial charge in [0.1, 0.15) is 18.1 Å². The lowest BCUT2D eigenvalue weighted by atomic mass is 10.2. The second kappa shape index (κ2) is 8.63. The van der Waals surface area contributed by atoms with Gasteiger partial charge in [0, 0.05) is 3.57 Å². The molecule has 4 nitrogen and oxygen atoms in total. The lowest BCUT2D eigenvalue weighted by molar-refractivity contribution is -0.123. The molecule has 0 aromatic heterocycles. The number of carbonyl (C=O) groups is 1. The fourth-order valence-corrected chi connectivity index (χ4v) is 2.34. The first-order valence-corrected chi connectivity index (χ1v) is 8.06. The highest BCUT2D eigenvalue weighted by molar-refractivity contribution is 14.1. The van der Waals surface area contributed by atoms with Crippen molar-refractivity contribution in [3.63, 3.8) is 0 Å². The highest BCUT2D eigenvalue weighted by Gasteiger charge is 2.03. The van der Waals surface area contributed by atoms with Crippen LogP contribution in [-0.4, -0.2) is 25.7 Å². The molecule has 2 rings (SSSR count). The molecule has 0 unspecified atom stereocenters. The number of halogens is 1. The second-order valence-corrected chi connectivity index (χ2v) is 6.01. The first-order valence-electron chi connectivity index (χ1n) is 6.98. The Kier molecular flexibility index (Phi) is 6.51. The summed E-state index contributed by atoms with van der Waals surface area (Å²) in [7, 11) is 0. The van der Waals surface area contributed by atoms with E-state index >= 15 is 0 Å². The maximum atomic E-state index is 11.7. The van der Waals surface area contributed by atoms with Gasteiger partial charge in [-0.25, -0.2) is 0 Å². The zero-order valence-electron chi connectivity index (χ0n) is 12.3. The molecular weight excluding hydrogens is 393 g/mol. The molecule has 0 aliphatic rings. The van der Waals surface area contributed by atoms with E-state index in [4.69, 9.17) is 9.47 Å². The van der Waals surface area contributed by atoms with Crippen LogP contribution in [0, 0.1) is 10.5 Å². The van der Waals surface area contributed by atoms with Crippen molar-refractivity contribution in [2.75, 3.05) is 19.8 Å². The summed E-state index contributed by atoms with van der Waals surface area (Å²) < 4.78 is 12.1. The van der Waals surface area contributed by atoms with Crippen LogP contribution in [0.5, 0.6) is 11.5 Å². The van der Waals surface area contributed by atoms with Crippen LogP contribution in [0.3, 0.4) is 0 Å². The van der Waals surface area contributed by atoms with Gasteiger partial charge < -0.3 is 14.8 Å². The summed E-state index contributed by atoms with van der Waals surface area (Å²) in [5.74, 6) is 1.34. The smallest absolute Gasteiger partial charge is 0.258 e. The molecule has 0 saturated carbocycles. The van der Waals surface area contributed by atoms with Gasteiger partial charge in [-0.15, -0.1) is 0 Å². The van der Waals surface area contributed by atoms with Crippen LogP contribution in [0.15, 0.2) is 48.5 Å². The predicted octanol–water partition coefficient (Wildman–Crippen LogP) is 3.17. The van der Waals surface area contributed by atoms with E-state index in [0.717, 1.165) is 14.9 Å². The Bertz CT molecular complexity index is 631. The first kappa shape index (κ1) is 16.6. The summed E-state index contributed by atoms with van der Waals surface area (Å²) in [6.45, 7) is 2.89. The van der Waals surface area contributed by atoms with Gasteiger partial charge in [-0.1, -0.05) is 18.2 Å². The Labute approximate surface area is 144 Å². The molecule has 0 atom stereocenters. The molecule has 0 spiro atoms. The van der Waals surface area contributed by atoms with Crippen LogP contribution in [0.25, 0.3) is 0 Å². The molecule has 2 aromatic rings. The van der Waals surface area contributed by atoms with Crippen molar-refractivity contribution in [3.8, 4) is 11.5 Å². The van der Waals surface area contributed by atoms with E-state index in [1.807, 2.05) is 55.5 Å². The van der Waals surface area contributed by atoms with Gasteiger partial charge in [-0.3, -0.25) is 4.79 Å². The van der Waals surface area contributed by atoms with Gasteiger partial charge in [0.2, 0.25) is 0 Å². The van der Waals surface area contributed by atoms with Gasteiger partial charge in [0.25, 0.3) is 5.91 Å². The minimum absolute atomic E-state index is 0.00450. The van der Waals surface area contributed by atoms with Crippen LogP contribution in [-0.2, 0) is 4.79 Å². The average Bonchev–Trinajstić information content (AvgIpc) is 2.50. The Hall–Kier alpha value is -1.76. The molecule has 1 N–H and O–H groups in total. The molecule has 0 fully saturated rings. The lowest BCUT2D eigenvalue weighted by Crippen LogP contribution is -2.32. The second-order valence-electron chi connectivity index (χ2n) is 4.76. The number of hydrogen-bond donors (Lipinski definition) is 1. The first-order chi connectivity index (χ1) is 10.6. The lowest BCUT2D eigenvalue weighted by Gasteiger charge is -2.09. The van der Waals surface area contributed by atoms with Gasteiger partial charge in [0.05, 0.1) is 6.54 Å². The number of ether oxygens (including phenoxy) is 2. The summed E-state index contributed by atoms with van der Waals surface area (Å²) in [4.78, 5) is 11.7. The van der Waals surface area contributed by atoms with Crippen LogP contribution in [0.1, 0.15) is 5.56 Å². The third-order valence-corrected chi connectivity index (χ3v) is 3.52. The summed E-state index contributed by atoms with van der Waals surface area (Å²) in [6.07, 6.45) is 0. The molecular formula is C17H18INO3. The molecule has 22 heavy (non-hydrogen) atoms. The molecule has 5 heteroatoms. The number of carbonyl (C=O) groups excluding carboxylic acids is 1. The van der Waals surface area contributed by atoms with Crippen LogP contribution in [0.4, 0.5) is 0 Å². The van der Waals surface area contributed by atoms with Crippen molar-refractivity contribution in [3.05, 3.63) is 57.7 Å². The molecule has 116 valence electrons. The van der Waals surface area contributed by atoms with E-state index in [1.54, 1.807) is 0 Å². The number of nitrogens with one attached hydrogen (secondary N) is 1.